The largest absolute Gasteiger partial charge is 0.497 e. The number of ether oxygens (including phenoxy) is 1. The van der Waals surface area contributed by atoms with Crippen LogP contribution < -0.4 is 9.64 Å². The van der Waals surface area contributed by atoms with Gasteiger partial charge in [-0.2, -0.15) is 4.37 Å². The molecule has 3 rings (SSSR count). The Morgan fingerprint density at radius 2 is 2.17 bits per heavy atom. The summed E-state index contributed by atoms with van der Waals surface area (Å²) < 4.78 is 9.75. The summed E-state index contributed by atoms with van der Waals surface area (Å²) in [7, 11) is 1.67. The molecule has 0 atom stereocenters. The molecule has 0 saturated carbocycles. The number of anilines is 1. The zero-order chi connectivity index (χ0) is 16.9. The predicted molar refractivity (Wildman–Crippen MR) is 94.8 cm³/mol. The highest BCUT2D eigenvalue weighted by molar-refractivity contribution is 7.09. The number of benzene rings is 1. The van der Waals surface area contributed by atoms with Crippen LogP contribution >= 0.6 is 11.5 Å². The average Bonchev–Trinajstić information content (AvgIpc) is 2.89. The van der Waals surface area contributed by atoms with Crippen molar-refractivity contribution < 1.29 is 9.53 Å². The van der Waals surface area contributed by atoms with Crippen molar-refractivity contribution in [3.05, 3.63) is 35.7 Å². The lowest BCUT2D eigenvalue weighted by atomic mass is 10.1. The van der Waals surface area contributed by atoms with Crippen LogP contribution in [0.5, 0.6) is 5.75 Å². The van der Waals surface area contributed by atoms with Crippen LogP contribution in [0.15, 0.2) is 24.3 Å². The number of nitrogens with zero attached hydrogens (tertiary/aromatic N) is 4. The highest BCUT2D eigenvalue weighted by Crippen LogP contribution is 2.21. The highest BCUT2D eigenvalue weighted by atomic mass is 32.1. The van der Waals surface area contributed by atoms with Gasteiger partial charge in [0.05, 0.1) is 7.11 Å². The first-order valence-electron chi connectivity index (χ1n) is 8.11. The summed E-state index contributed by atoms with van der Waals surface area (Å²) >= 11 is 1.43. The van der Waals surface area contributed by atoms with Crippen molar-refractivity contribution in [1.82, 2.24) is 14.3 Å². The third kappa shape index (κ3) is 4.03. The lowest BCUT2D eigenvalue weighted by Gasteiger charge is -2.20. The quantitative estimate of drug-likeness (QED) is 0.849. The summed E-state index contributed by atoms with van der Waals surface area (Å²) in [6.07, 6.45) is 1.66. The molecular formula is C17H22N4O2S. The van der Waals surface area contributed by atoms with Crippen molar-refractivity contribution >= 4 is 22.6 Å². The van der Waals surface area contributed by atoms with E-state index in [1.807, 2.05) is 23.1 Å². The van der Waals surface area contributed by atoms with Gasteiger partial charge in [0, 0.05) is 51.1 Å². The molecule has 24 heavy (non-hydrogen) atoms. The Bertz CT molecular complexity index is 703. The van der Waals surface area contributed by atoms with E-state index >= 15 is 0 Å². The monoisotopic (exact) mass is 346 g/mol. The van der Waals surface area contributed by atoms with Gasteiger partial charge in [-0.3, -0.25) is 4.79 Å². The third-order valence-electron chi connectivity index (χ3n) is 4.17. The first-order valence-corrected chi connectivity index (χ1v) is 8.89. The number of rotatable bonds is 4. The number of carbonyl (C=O) groups excluding carboxylic acids is 1. The standard InChI is InChI=1S/C17H22N4O2S/c1-13(22)20-7-4-8-21(10-9-20)17-18-16(19-24-17)12-14-5-3-6-15(11-14)23-2/h3,5-6,11H,4,7-10,12H2,1-2H3. The summed E-state index contributed by atoms with van der Waals surface area (Å²) in [5, 5.41) is 0.943. The molecule has 0 aliphatic carbocycles. The van der Waals surface area contributed by atoms with E-state index < -0.39 is 0 Å². The number of methoxy groups -OCH3 is 1. The Balaban J connectivity index is 1.65. The van der Waals surface area contributed by atoms with E-state index in [0.717, 1.165) is 54.9 Å². The van der Waals surface area contributed by atoms with E-state index in [-0.39, 0.29) is 5.91 Å². The van der Waals surface area contributed by atoms with Crippen LogP contribution in [0.25, 0.3) is 0 Å². The molecule has 7 heteroatoms. The highest BCUT2D eigenvalue weighted by Gasteiger charge is 2.19. The normalized spacial score (nSPS) is 15.2. The van der Waals surface area contributed by atoms with Gasteiger partial charge in [-0.15, -0.1) is 0 Å². The molecule has 1 aromatic heterocycles. The van der Waals surface area contributed by atoms with Gasteiger partial charge in [-0.1, -0.05) is 12.1 Å². The molecule has 1 saturated heterocycles. The summed E-state index contributed by atoms with van der Waals surface area (Å²) in [5.74, 6) is 1.82. The van der Waals surface area contributed by atoms with Gasteiger partial charge in [0.1, 0.15) is 11.6 Å². The lowest BCUT2D eigenvalue weighted by molar-refractivity contribution is -0.128. The Hall–Kier alpha value is -2.15. The zero-order valence-electron chi connectivity index (χ0n) is 14.1. The fourth-order valence-corrected chi connectivity index (χ4v) is 3.57. The lowest BCUT2D eigenvalue weighted by Crippen LogP contribution is -2.33. The minimum atomic E-state index is 0.146. The summed E-state index contributed by atoms with van der Waals surface area (Å²) in [6.45, 7) is 4.93. The van der Waals surface area contributed by atoms with Gasteiger partial charge >= 0.3 is 0 Å². The van der Waals surface area contributed by atoms with Gasteiger partial charge in [-0.05, 0) is 24.1 Å². The molecule has 1 amide bonds. The molecule has 1 aliphatic heterocycles. The topological polar surface area (TPSA) is 58.6 Å². The zero-order valence-corrected chi connectivity index (χ0v) is 14.9. The minimum absolute atomic E-state index is 0.146. The van der Waals surface area contributed by atoms with E-state index in [1.54, 1.807) is 14.0 Å². The van der Waals surface area contributed by atoms with Crippen LogP contribution in [0.4, 0.5) is 5.13 Å². The molecule has 0 radical (unpaired) electrons. The molecule has 1 aliphatic rings. The molecule has 0 spiro atoms. The molecule has 1 aromatic carbocycles. The van der Waals surface area contributed by atoms with Crippen molar-refractivity contribution in [1.29, 1.82) is 0 Å². The number of hydrogen-bond donors (Lipinski definition) is 0. The Kier molecular flexibility index (Phi) is 5.30. The SMILES string of the molecule is COc1cccc(Cc2nsc(N3CCCN(C(C)=O)CC3)n2)c1. The third-order valence-corrected chi connectivity index (χ3v) is 4.98. The first-order chi connectivity index (χ1) is 11.7. The average molecular weight is 346 g/mol. The molecule has 6 nitrogen and oxygen atoms in total. The molecular weight excluding hydrogens is 324 g/mol. The summed E-state index contributed by atoms with van der Waals surface area (Å²) in [5.41, 5.74) is 1.14. The van der Waals surface area contributed by atoms with Gasteiger partial charge in [-0.25, -0.2) is 4.98 Å². The van der Waals surface area contributed by atoms with Crippen molar-refractivity contribution in [3.8, 4) is 5.75 Å². The first kappa shape index (κ1) is 16.7. The van der Waals surface area contributed by atoms with E-state index in [4.69, 9.17) is 4.74 Å². The molecule has 0 N–H and O–H groups in total. The second kappa shape index (κ2) is 7.61. The van der Waals surface area contributed by atoms with Crippen molar-refractivity contribution in [2.24, 2.45) is 0 Å². The number of carbonyl (C=O) groups is 1. The van der Waals surface area contributed by atoms with Crippen molar-refractivity contribution in [2.75, 3.05) is 38.2 Å². The number of hydrogen-bond acceptors (Lipinski definition) is 6. The minimum Gasteiger partial charge on any atom is -0.497 e. The molecule has 0 unspecified atom stereocenters. The van der Waals surface area contributed by atoms with Gasteiger partial charge < -0.3 is 14.5 Å². The smallest absolute Gasteiger partial charge is 0.219 e. The van der Waals surface area contributed by atoms with Crippen LogP contribution in [0, 0.1) is 0 Å². The predicted octanol–water partition coefficient (Wildman–Crippen LogP) is 2.20. The van der Waals surface area contributed by atoms with Crippen LogP contribution in [0.3, 0.4) is 0 Å². The Morgan fingerprint density at radius 3 is 2.96 bits per heavy atom. The summed E-state index contributed by atoms with van der Waals surface area (Å²) in [6, 6.07) is 7.98. The van der Waals surface area contributed by atoms with Gasteiger partial charge in [0.15, 0.2) is 0 Å². The van der Waals surface area contributed by atoms with Crippen molar-refractivity contribution in [3.63, 3.8) is 0 Å². The number of aromatic nitrogens is 2. The van der Waals surface area contributed by atoms with E-state index in [2.05, 4.69) is 20.3 Å². The van der Waals surface area contributed by atoms with Gasteiger partial charge in [0.25, 0.3) is 0 Å². The van der Waals surface area contributed by atoms with Crippen LogP contribution in [0.2, 0.25) is 0 Å². The molecule has 128 valence electrons. The second-order valence-electron chi connectivity index (χ2n) is 5.87. The maximum atomic E-state index is 11.5. The van der Waals surface area contributed by atoms with E-state index in [0.29, 0.717) is 6.42 Å². The van der Waals surface area contributed by atoms with Crippen LogP contribution in [-0.2, 0) is 11.2 Å². The van der Waals surface area contributed by atoms with Crippen LogP contribution in [0.1, 0.15) is 24.7 Å². The fourth-order valence-electron chi connectivity index (χ4n) is 2.83. The second-order valence-corrected chi connectivity index (χ2v) is 6.60. The Morgan fingerprint density at radius 1 is 1.29 bits per heavy atom. The fraction of sp³-hybridized carbons (Fsp3) is 0.471. The Labute approximate surface area is 146 Å². The maximum Gasteiger partial charge on any atom is 0.219 e. The molecule has 2 aromatic rings. The number of amides is 1. The van der Waals surface area contributed by atoms with E-state index in [9.17, 15) is 4.79 Å². The van der Waals surface area contributed by atoms with Crippen LogP contribution in [-0.4, -0.2) is 53.5 Å². The van der Waals surface area contributed by atoms with Crippen molar-refractivity contribution in [2.45, 2.75) is 19.8 Å². The molecule has 2 heterocycles. The van der Waals surface area contributed by atoms with E-state index in [1.165, 1.54) is 11.5 Å². The molecule has 1 fully saturated rings. The molecule has 0 bridgehead atoms. The maximum absolute atomic E-state index is 11.5. The van der Waals surface area contributed by atoms with Gasteiger partial charge in [0.2, 0.25) is 11.0 Å². The summed E-state index contributed by atoms with van der Waals surface area (Å²) in [4.78, 5) is 20.3.